The van der Waals surface area contributed by atoms with E-state index >= 15 is 0 Å². The summed E-state index contributed by atoms with van der Waals surface area (Å²) in [5.74, 6) is 1.57. The van der Waals surface area contributed by atoms with Crippen LogP contribution in [-0.4, -0.2) is 29.2 Å². The first-order valence-corrected chi connectivity index (χ1v) is 7.80. The summed E-state index contributed by atoms with van der Waals surface area (Å²) in [6.07, 6.45) is 2.95. The zero-order chi connectivity index (χ0) is 13.1. The lowest BCUT2D eigenvalue weighted by Crippen LogP contribution is -2.39. The Kier molecular flexibility index (Phi) is 5.49. The fourth-order valence-electron chi connectivity index (χ4n) is 2.19. The number of carbonyl (C=O) groups is 1. The van der Waals surface area contributed by atoms with Crippen molar-refractivity contribution < 1.29 is 4.79 Å². The smallest absolute Gasteiger partial charge is 0.222 e. The Bertz CT molecular complexity index is 259. The Labute approximate surface area is 114 Å². The van der Waals surface area contributed by atoms with E-state index in [0.29, 0.717) is 17.7 Å². The number of nitrogens with zero attached hydrogens (tertiary/aromatic N) is 1. The molecule has 100 valence electrons. The van der Waals surface area contributed by atoms with E-state index in [9.17, 15) is 4.79 Å². The molecule has 2 unspecified atom stereocenters. The summed E-state index contributed by atoms with van der Waals surface area (Å²) in [5, 5.41) is 0.968. The molecular formula is C14H26BrNO. The van der Waals surface area contributed by atoms with E-state index in [1.807, 2.05) is 0 Å². The Morgan fingerprint density at radius 2 is 2.06 bits per heavy atom. The first-order chi connectivity index (χ1) is 7.84. The fourth-order valence-corrected chi connectivity index (χ4v) is 3.36. The second kappa shape index (κ2) is 6.21. The molecule has 1 amide bonds. The van der Waals surface area contributed by atoms with Crippen molar-refractivity contribution in [3.63, 3.8) is 0 Å². The molecule has 17 heavy (non-hydrogen) atoms. The van der Waals surface area contributed by atoms with Crippen LogP contribution >= 0.6 is 15.9 Å². The van der Waals surface area contributed by atoms with E-state index in [2.05, 4.69) is 48.5 Å². The lowest BCUT2D eigenvalue weighted by atomic mass is 9.81. The van der Waals surface area contributed by atoms with E-state index in [4.69, 9.17) is 0 Å². The van der Waals surface area contributed by atoms with E-state index in [1.54, 1.807) is 0 Å². The van der Waals surface area contributed by atoms with Crippen molar-refractivity contribution in [2.75, 3.05) is 18.4 Å². The molecule has 0 aromatic carbocycles. The summed E-state index contributed by atoms with van der Waals surface area (Å²) in [6, 6.07) is 0. The molecule has 0 aromatic heterocycles. The maximum absolute atomic E-state index is 12.0. The summed E-state index contributed by atoms with van der Waals surface area (Å²) in [7, 11) is 0. The standard InChI is InChI=1S/C14H26BrNO/c1-11-5-6-13(17)16(8-7-11)10-12(9-15)14(2,3)4/h11-12H,5-10H2,1-4H3. The lowest BCUT2D eigenvalue weighted by Gasteiger charge is -2.34. The van der Waals surface area contributed by atoms with Crippen molar-refractivity contribution in [2.45, 2.75) is 47.0 Å². The van der Waals surface area contributed by atoms with Crippen molar-refractivity contribution in [1.29, 1.82) is 0 Å². The van der Waals surface area contributed by atoms with Gasteiger partial charge in [-0.05, 0) is 30.1 Å². The van der Waals surface area contributed by atoms with Crippen LogP contribution in [0.5, 0.6) is 0 Å². The van der Waals surface area contributed by atoms with Crippen LogP contribution in [0.1, 0.15) is 47.0 Å². The Balaban J connectivity index is 2.62. The van der Waals surface area contributed by atoms with E-state index in [1.165, 1.54) is 0 Å². The monoisotopic (exact) mass is 303 g/mol. The number of carbonyl (C=O) groups excluding carboxylic acids is 1. The molecule has 1 saturated heterocycles. The van der Waals surface area contributed by atoms with Gasteiger partial charge in [0.1, 0.15) is 0 Å². The van der Waals surface area contributed by atoms with Crippen LogP contribution in [0.2, 0.25) is 0 Å². The minimum atomic E-state index is 0.252. The fraction of sp³-hybridized carbons (Fsp3) is 0.929. The lowest BCUT2D eigenvalue weighted by molar-refractivity contribution is -0.131. The average molecular weight is 304 g/mol. The number of amides is 1. The van der Waals surface area contributed by atoms with Gasteiger partial charge in [0.05, 0.1) is 0 Å². The summed E-state index contributed by atoms with van der Waals surface area (Å²) in [4.78, 5) is 14.1. The first-order valence-electron chi connectivity index (χ1n) is 6.68. The van der Waals surface area contributed by atoms with E-state index < -0.39 is 0 Å². The van der Waals surface area contributed by atoms with E-state index in [0.717, 1.165) is 37.7 Å². The summed E-state index contributed by atoms with van der Waals surface area (Å²) < 4.78 is 0. The molecule has 0 radical (unpaired) electrons. The van der Waals surface area contributed by atoms with Crippen molar-refractivity contribution in [3.8, 4) is 0 Å². The van der Waals surface area contributed by atoms with Gasteiger partial charge in [0.25, 0.3) is 0 Å². The van der Waals surface area contributed by atoms with Crippen molar-refractivity contribution >= 4 is 21.8 Å². The molecule has 1 heterocycles. The third-order valence-corrected chi connectivity index (χ3v) is 4.73. The third kappa shape index (κ3) is 4.61. The maximum atomic E-state index is 12.0. The molecule has 2 atom stereocenters. The Morgan fingerprint density at radius 1 is 1.41 bits per heavy atom. The van der Waals surface area contributed by atoms with Crippen molar-refractivity contribution in [3.05, 3.63) is 0 Å². The molecule has 0 spiro atoms. The maximum Gasteiger partial charge on any atom is 0.222 e. The minimum absolute atomic E-state index is 0.252. The van der Waals surface area contributed by atoms with Crippen LogP contribution in [0.3, 0.4) is 0 Å². The van der Waals surface area contributed by atoms with Crippen LogP contribution in [-0.2, 0) is 4.79 Å². The molecule has 1 aliphatic heterocycles. The summed E-state index contributed by atoms with van der Waals surface area (Å²) in [5.41, 5.74) is 0.252. The van der Waals surface area contributed by atoms with Crippen LogP contribution < -0.4 is 0 Å². The van der Waals surface area contributed by atoms with Crippen LogP contribution in [0.4, 0.5) is 0 Å². The highest BCUT2D eigenvalue weighted by Gasteiger charge is 2.28. The largest absolute Gasteiger partial charge is 0.342 e. The zero-order valence-electron chi connectivity index (χ0n) is 11.6. The highest BCUT2D eigenvalue weighted by Crippen LogP contribution is 2.29. The van der Waals surface area contributed by atoms with Gasteiger partial charge in [-0.15, -0.1) is 0 Å². The zero-order valence-corrected chi connectivity index (χ0v) is 13.2. The highest BCUT2D eigenvalue weighted by atomic mass is 79.9. The van der Waals surface area contributed by atoms with Crippen molar-refractivity contribution in [1.82, 2.24) is 4.90 Å². The van der Waals surface area contributed by atoms with Gasteiger partial charge in [-0.3, -0.25) is 4.79 Å². The second-order valence-electron chi connectivity index (χ2n) is 6.49. The first kappa shape index (κ1) is 15.0. The Morgan fingerprint density at radius 3 is 2.59 bits per heavy atom. The number of hydrogen-bond donors (Lipinski definition) is 0. The predicted octanol–water partition coefficient (Wildman–Crippen LogP) is 3.69. The molecule has 0 N–H and O–H groups in total. The SMILES string of the molecule is CC1CCC(=O)N(CC(CBr)C(C)(C)C)CC1. The van der Waals surface area contributed by atoms with Crippen LogP contribution in [0, 0.1) is 17.3 Å². The third-order valence-electron chi connectivity index (χ3n) is 3.95. The second-order valence-corrected chi connectivity index (χ2v) is 7.14. The van der Waals surface area contributed by atoms with Gasteiger partial charge in [0.15, 0.2) is 0 Å². The van der Waals surface area contributed by atoms with Gasteiger partial charge >= 0.3 is 0 Å². The molecule has 1 aliphatic rings. The molecule has 0 aliphatic carbocycles. The van der Waals surface area contributed by atoms with Crippen molar-refractivity contribution in [2.24, 2.45) is 17.3 Å². The highest BCUT2D eigenvalue weighted by molar-refractivity contribution is 9.09. The van der Waals surface area contributed by atoms with Gasteiger partial charge in [-0.1, -0.05) is 43.6 Å². The molecular weight excluding hydrogens is 278 g/mol. The molecule has 0 saturated carbocycles. The van der Waals surface area contributed by atoms with Gasteiger partial charge in [-0.25, -0.2) is 0 Å². The predicted molar refractivity (Wildman–Crippen MR) is 76.3 cm³/mol. The normalized spacial score (nSPS) is 24.6. The topological polar surface area (TPSA) is 20.3 Å². The Hall–Kier alpha value is -0.0500. The average Bonchev–Trinajstić information content (AvgIpc) is 2.38. The molecule has 3 heteroatoms. The number of hydrogen-bond acceptors (Lipinski definition) is 1. The van der Waals surface area contributed by atoms with Gasteiger partial charge in [0.2, 0.25) is 5.91 Å². The van der Waals surface area contributed by atoms with Gasteiger partial charge < -0.3 is 4.90 Å². The molecule has 1 fully saturated rings. The van der Waals surface area contributed by atoms with Crippen LogP contribution in [0.25, 0.3) is 0 Å². The summed E-state index contributed by atoms with van der Waals surface area (Å²) >= 11 is 3.59. The summed E-state index contributed by atoms with van der Waals surface area (Å²) in [6.45, 7) is 10.9. The van der Waals surface area contributed by atoms with Gasteiger partial charge in [-0.2, -0.15) is 0 Å². The quantitative estimate of drug-likeness (QED) is 0.728. The number of alkyl halides is 1. The van der Waals surface area contributed by atoms with Gasteiger partial charge in [0, 0.05) is 24.8 Å². The molecule has 1 rings (SSSR count). The number of rotatable bonds is 3. The minimum Gasteiger partial charge on any atom is -0.342 e. The van der Waals surface area contributed by atoms with E-state index in [-0.39, 0.29) is 5.41 Å². The van der Waals surface area contributed by atoms with Crippen LogP contribution in [0.15, 0.2) is 0 Å². The molecule has 0 aromatic rings. The molecule has 0 bridgehead atoms. The number of likely N-dealkylation sites (tertiary alicyclic amines) is 1. The molecule has 2 nitrogen and oxygen atoms in total. The number of halogens is 1.